The standard InChI is InChI=1S/C19H33N3O2/c23-18(20-17-7-3-1-2-4-8-17)15-21-13-9-16(10-14-21)19(24)22-11-5-6-12-22/h16-17H,1-15H2,(H,20,23). The second-order valence-corrected chi connectivity index (χ2v) is 7.84. The summed E-state index contributed by atoms with van der Waals surface area (Å²) in [5, 5.41) is 3.23. The van der Waals surface area contributed by atoms with Crippen LogP contribution in [0, 0.1) is 5.92 Å². The third-order valence-electron chi connectivity index (χ3n) is 5.94. The number of amides is 2. The van der Waals surface area contributed by atoms with E-state index in [0.717, 1.165) is 64.7 Å². The largest absolute Gasteiger partial charge is 0.352 e. The summed E-state index contributed by atoms with van der Waals surface area (Å²) in [5.41, 5.74) is 0. The molecular formula is C19H33N3O2. The van der Waals surface area contributed by atoms with E-state index in [1.807, 2.05) is 4.90 Å². The van der Waals surface area contributed by atoms with E-state index in [1.165, 1.54) is 25.7 Å². The average molecular weight is 335 g/mol. The first-order chi connectivity index (χ1) is 11.7. The van der Waals surface area contributed by atoms with Crippen molar-refractivity contribution in [2.45, 2.75) is 70.3 Å². The van der Waals surface area contributed by atoms with Gasteiger partial charge in [0.2, 0.25) is 11.8 Å². The summed E-state index contributed by atoms with van der Waals surface area (Å²) in [4.78, 5) is 29.0. The molecule has 2 saturated heterocycles. The van der Waals surface area contributed by atoms with Gasteiger partial charge in [0.1, 0.15) is 0 Å². The molecule has 2 heterocycles. The third kappa shape index (κ3) is 4.95. The normalized spacial score (nSPS) is 24.8. The second-order valence-electron chi connectivity index (χ2n) is 7.84. The zero-order chi connectivity index (χ0) is 16.8. The molecule has 0 radical (unpaired) electrons. The maximum absolute atomic E-state index is 12.5. The van der Waals surface area contributed by atoms with E-state index in [-0.39, 0.29) is 11.8 Å². The van der Waals surface area contributed by atoms with Gasteiger partial charge < -0.3 is 10.2 Å². The van der Waals surface area contributed by atoms with E-state index in [4.69, 9.17) is 0 Å². The first-order valence-electron chi connectivity index (χ1n) is 10.0. The molecule has 2 aliphatic heterocycles. The molecule has 136 valence electrons. The Morgan fingerprint density at radius 3 is 2.04 bits per heavy atom. The fourth-order valence-corrected chi connectivity index (χ4v) is 4.43. The van der Waals surface area contributed by atoms with Crippen LogP contribution in [0.2, 0.25) is 0 Å². The van der Waals surface area contributed by atoms with Crippen LogP contribution < -0.4 is 5.32 Å². The topological polar surface area (TPSA) is 52.7 Å². The number of nitrogens with zero attached hydrogens (tertiary/aromatic N) is 2. The van der Waals surface area contributed by atoms with Gasteiger partial charge in [-0.3, -0.25) is 14.5 Å². The summed E-state index contributed by atoms with van der Waals surface area (Å²) in [6.45, 7) is 4.15. The molecule has 0 bridgehead atoms. The zero-order valence-corrected chi connectivity index (χ0v) is 15.0. The van der Waals surface area contributed by atoms with Crippen molar-refractivity contribution >= 4 is 11.8 Å². The Labute approximate surface area is 146 Å². The van der Waals surface area contributed by atoms with E-state index in [0.29, 0.717) is 18.5 Å². The quantitative estimate of drug-likeness (QED) is 0.801. The predicted molar refractivity (Wildman–Crippen MR) is 94.6 cm³/mol. The molecular weight excluding hydrogens is 302 g/mol. The Hall–Kier alpha value is -1.10. The third-order valence-corrected chi connectivity index (χ3v) is 5.94. The van der Waals surface area contributed by atoms with Crippen molar-refractivity contribution in [2.75, 3.05) is 32.7 Å². The van der Waals surface area contributed by atoms with Gasteiger partial charge in [-0.15, -0.1) is 0 Å². The van der Waals surface area contributed by atoms with Crippen molar-refractivity contribution in [3.05, 3.63) is 0 Å². The molecule has 24 heavy (non-hydrogen) atoms. The van der Waals surface area contributed by atoms with Crippen molar-refractivity contribution in [2.24, 2.45) is 5.92 Å². The molecule has 0 aromatic rings. The smallest absolute Gasteiger partial charge is 0.234 e. The minimum atomic E-state index is 0.172. The molecule has 3 aliphatic rings. The van der Waals surface area contributed by atoms with E-state index in [9.17, 15) is 9.59 Å². The van der Waals surface area contributed by atoms with Crippen LogP contribution in [-0.2, 0) is 9.59 Å². The lowest BCUT2D eigenvalue weighted by Crippen LogP contribution is -2.46. The molecule has 1 aliphatic carbocycles. The lowest BCUT2D eigenvalue weighted by atomic mass is 9.95. The number of carbonyl (C=O) groups excluding carboxylic acids is 2. The van der Waals surface area contributed by atoms with Crippen molar-refractivity contribution in [3.63, 3.8) is 0 Å². The minimum Gasteiger partial charge on any atom is -0.352 e. The molecule has 0 aromatic carbocycles. The molecule has 0 spiro atoms. The van der Waals surface area contributed by atoms with E-state index >= 15 is 0 Å². The molecule has 0 aromatic heterocycles. The van der Waals surface area contributed by atoms with Gasteiger partial charge in [-0.05, 0) is 51.6 Å². The van der Waals surface area contributed by atoms with Crippen molar-refractivity contribution < 1.29 is 9.59 Å². The Morgan fingerprint density at radius 1 is 0.792 bits per heavy atom. The fraction of sp³-hybridized carbons (Fsp3) is 0.895. The molecule has 5 nitrogen and oxygen atoms in total. The fourth-order valence-electron chi connectivity index (χ4n) is 4.43. The Balaban J connectivity index is 1.36. The molecule has 0 atom stereocenters. The van der Waals surface area contributed by atoms with E-state index in [1.54, 1.807) is 0 Å². The number of carbonyl (C=O) groups is 2. The predicted octanol–water partition coefficient (Wildman–Crippen LogP) is 2.16. The molecule has 1 saturated carbocycles. The summed E-state index contributed by atoms with van der Waals surface area (Å²) < 4.78 is 0. The highest BCUT2D eigenvalue weighted by atomic mass is 16.2. The molecule has 0 unspecified atom stereocenters. The highest BCUT2D eigenvalue weighted by Gasteiger charge is 2.30. The van der Waals surface area contributed by atoms with Crippen molar-refractivity contribution in [1.82, 2.24) is 15.1 Å². The van der Waals surface area contributed by atoms with Gasteiger partial charge in [-0.25, -0.2) is 0 Å². The molecule has 5 heteroatoms. The van der Waals surface area contributed by atoms with Crippen LogP contribution in [0.5, 0.6) is 0 Å². The highest BCUT2D eigenvalue weighted by molar-refractivity contribution is 5.80. The number of hydrogen-bond acceptors (Lipinski definition) is 3. The van der Waals surface area contributed by atoms with Crippen LogP contribution in [0.3, 0.4) is 0 Å². The van der Waals surface area contributed by atoms with Gasteiger partial charge in [0.05, 0.1) is 6.54 Å². The van der Waals surface area contributed by atoms with Gasteiger partial charge in [0, 0.05) is 25.0 Å². The number of hydrogen-bond donors (Lipinski definition) is 1. The zero-order valence-electron chi connectivity index (χ0n) is 15.0. The number of likely N-dealkylation sites (tertiary alicyclic amines) is 2. The Morgan fingerprint density at radius 2 is 1.42 bits per heavy atom. The summed E-state index contributed by atoms with van der Waals surface area (Å²) >= 11 is 0. The SMILES string of the molecule is O=C(CN1CCC(C(=O)N2CCCC2)CC1)NC1CCCCCC1. The van der Waals surface area contributed by atoms with E-state index in [2.05, 4.69) is 10.2 Å². The van der Waals surface area contributed by atoms with Gasteiger partial charge in [0.15, 0.2) is 0 Å². The number of rotatable bonds is 4. The lowest BCUT2D eigenvalue weighted by molar-refractivity contribution is -0.136. The molecule has 3 fully saturated rings. The Bertz CT molecular complexity index is 418. The summed E-state index contributed by atoms with van der Waals surface area (Å²) in [6.07, 6.45) is 11.5. The van der Waals surface area contributed by atoms with Crippen LogP contribution in [0.15, 0.2) is 0 Å². The van der Waals surface area contributed by atoms with Crippen LogP contribution >= 0.6 is 0 Å². The van der Waals surface area contributed by atoms with Gasteiger partial charge in [-0.2, -0.15) is 0 Å². The number of nitrogens with one attached hydrogen (secondary N) is 1. The maximum atomic E-state index is 12.5. The maximum Gasteiger partial charge on any atom is 0.234 e. The van der Waals surface area contributed by atoms with Gasteiger partial charge in [0.25, 0.3) is 0 Å². The van der Waals surface area contributed by atoms with Gasteiger partial charge in [-0.1, -0.05) is 25.7 Å². The van der Waals surface area contributed by atoms with Gasteiger partial charge >= 0.3 is 0 Å². The molecule has 1 N–H and O–H groups in total. The van der Waals surface area contributed by atoms with Crippen molar-refractivity contribution in [3.8, 4) is 0 Å². The minimum absolute atomic E-state index is 0.172. The number of piperidine rings is 1. The summed E-state index contributed by atoms with van der Waals surface area (Å²) in [7, 11) is 0. The lowest BCUT2D eigenvalue weighted by Gasteiger charge is -2.33. The van der Waals surface area contributed by atoms with E-state index < -0.39 is 0 Å². The van der Waals surface area contributed by atoms with Crippen LogP contribution in [0.4, 0.5) is 0 Å². The monoisotopic (exact) mass is 335 g/mol. The van der Waals surface area contributed by atoms with Crippen LogP contribution in [0.1, 0.15) is 64.2 Å². The average Bonchev–Trinajstić information content (AvgIpc) is 3.01. The summed E-state index contributed by atoms with van der Waals surface area (Å²) in [6, 6.07) is 0.384. The van der Waals surface area contributed by atoms with Crippen LogP contribution in [0.25, 0.3) is 0 Å². The summed E-state index contributed by atoms with van der Waals surface area (Å²) in [5.74, 6) is 0.713. The highest BCUT2D eigenvalue weighted by Crippen LogP contribution is 2.22. The first-order valence-corrected chi connectivity index (χ1v) is 10.0. The second kappa shape index (κ2) is 8.84. The molecule has 3 rings (SSSR count). The first kappa shape index (κ1) is 17.7. The van der Waals surface area contributed by atoms with Crippen LogP contribution in [-0.4, -0.2) is 60.4 Å². The molecule has 2 amide bonds. The van der Waals surface area contributed by atoms with Crippen molar-refractivity contribution in [1.29, 1.82) is 0 Å². The Kier molecular flexibility index (Phi) is 6.52.